The van der Waals surface area contributed by atoms with Gasteiger partial charge in [-0.15, -0.1) is 0 Å². The highest BCUT2D eigenvalue weighted by Crippen LogP contribution is 2.31. The summed E-state index contributed by atoms with van der Waals surface area (Å²) in [6.07, 6.45) is 0. The Morgan fingerprint density at radius 1 is 1.10 bits per heavy atom. The zero-order chi connectivity index (χ0) is 14.4. The fourth-order valence-corrected chi connectivity index (χ4v) is 2.52. The summed E-state index contributed by atoms with van der Waals surface area (Å²) in [5.41, 5.74) is 6.34. The number of imidazole rings is 1. The van der Waals surface area contributed by atoms with Gasteiger partial charge in [-0.2, -0.15) is 0 Å². The highest BCUT2D eigenvalue weighted by atomic mass is 35.5. The van der Waals surface area contributed by atoms with E-state index in [1.807, 2.05) is 0 Å². The van der Waals surface area contributed by atoms with Crippen LogP contribution in [0, 0.1) is 11.6 Å². The van der Waals surface area contributed by atoms with Crippen molar-refractivity contribution in [3.63, 3.8) is 0 Å². The van der Waals surface area contributed by atoms with Crippen molar-refractivity contribution in [1.29, 1.82) is 0 Å². The van der Waals surface area contributed by atoms with Crippen LogP contribution < -0.4 is 5.73 Å². The van der Waals surface area contributed by atoms with E-state index >= 15 is 0 Å². The summed E-state index contributed by atoms with van der Waals surface area (Å²) in [4.78, 5) is 4.00. The minimum atomic E-state index is -1.03. The molecule has 3 nitrogen and oxygen atoms in total. The fourth-order valence-electron chi connectivity index (χ4n) is 2.03. The number of anilines is 1. The molecule has 2 aromatic carbocycles. The van der Waals surface area contributed by atoms with Crippen molar-refractivity contribution in [3.05, 3.63) is 52.0 Å². The van der Waals surface area contributed by atoms with Crippen LogP contribution in [0.2, 0.25) is 10.0 Å². The minimum absolute atomic E-state index is 0.00808. The number of nitrogen functional groups attached to an aromatic ring is 1. The number of fused-ring (bicyclic) bond motifs is 1. The van der Waals surface area contributed by atoms with Crippen LogP contribution in [0.3, 0.4) is 0 Å². The second-order valence-corrected chi connectivity index (χ2v) is 4.97. The number of nitrogens with zero attached hydrogens (tertiary/aromatic N) is 2. The summed E-state index contributed by atoms with van der Waals surface area (Å²) in [7, 11) is 0. The van der Waals surface area contributed by atoms with Crippen LogP contribution in [0.4, 0.5) is 14.7 Å². The van der Waals surface area contributed by atoms with Gasteiger partial charge >= 0.3 is 0 Å². The van der Waals surface area contributed by atoms with Gasteiger partial charge in [0.15, 0.2) is 11.6 Å². The van der Waals surface area contributed by atoms with E-state index in [9.17, 15) is 8.78 Å². The molecule has 0 aliphatic heterocycles. The lowest BCUT2D eigenvalue weighted by molar-refractivity contribution is 0.514. The number of hydrogen-bond donors (Lipinski definition) is 1. The van der Waals surface area contributed by atoms with Crippen molar-refractivity contribution >= 4 is 40.2 Å². The molecule has 3 aromatic rings. The maximum atomic E-state index is 14.0. The van der Waals surface area contributed by atoms with E-state index in [0.29, 0.717) is 10.7 Å². The number of aromatic nitrogens is 2. The van der Waals surface area contributed by atoms with Gasteiger partial charge in [-0.25, -0.2) is 13.8 Å². The van der Waals surface area contributed by atoms with Gasteiger partial charge in [0.2, 0.25) is 5.95 Å². The van der Waals surface area contributed by atoms with Gasteiger partial charge in [-0.3, -0.25) is 4.57 Å². The Kier molecular flexibility index (Phi) is 3.03. The van der Waals surface area contributed by atoms with Crippen molar-refractivity contribution in [2.75, 3.05) is 5.73 Å². The molecule has 0 spiro atoms. The van der Waals surface area contributed by atoms with Crippen LogP contribution in [-0.2, 0) is 0 Å². The summed E-state index contributed by atoms with van der Waals surface area (Å²) < 4.78 is 28.7. The first-order valence-corrected chi connectivity index (χ1v) is 6.32. The Balaban J connectivity index is 2.41. The van der Waals surface area contributed by atoms with E-state index in [4.69, 9.17) is 28.9 Å². The largest absolute Gasteiger partial charge is 0.369 e. The van der Waals surface area contributed by atoms with E-state index in [1.165, 1.54) is 16.7 Å². The Hall–Kier alpha value is -1.85. The lowest BCUT2D eigenvalue weighted by Crippen LogP contribution is -2.03. The van der Waals surface area contributed by atoms with Crippen molar-refractivity contribution in [2.45, 2.75) is 0 Å². The molecule has 0 aliphatic carbocycles. The number of halogens is 4. The van der Waals surface area contributed by atoms with Crippen molar-refractivity contribution in [2.24, 2.45) is 0 Å². The van der Waals surface area contributed by atoms with Gasteiger partial charge in [0, 0.05) is 5.02 Å². The molecular formula is C13H7Cl2F2N3. The van der Waals surface area contributed by atoms with Gasteiger partial charge in [-0.1, -0.05) is 23.2 Å². The van der Waals surface area contributed by atoms with Crippen LogP contribution in [-0.4, -0.2) is 9.55 Å². The molecule has 20 heavy (non-hydrogen) atoms. The van der Waals surface area contributed by atoms with Crippen LogP contribution in [0.5, 0.6) is 0 Å². The first kappa shape index (κ1) is 13.1. The molecule has 1 heterocycles. The summed E-state index contributed by atoms with van der Waals surface area (Å²) >= 11 is 11.9. The van der Waals surface area contributed by atoms with Crippen LogP contribution in [0.15, 0.2) is 30.3 Å². The molecule has 102 valence electrons. The molecule has 0 amide bonds. The van der Waals surface area contributed by atoms with Gasteiger partial charge in [0.1, 0.15) is 5.52 Å². The van der Waals surface area contributed by atoms with Crippen LogP contribution in [0.1, 0.15) is 0 Å². The van der Waals surface area contributed by atoms with Crippen molar-refractivity contribution < 1.29 is 8.78 Å². The second kappa shape index (κ2) is 4.61. The number of nitrogens with two attached hydrogens (primary N) is 1. The average Bonchev–Trinajstić information content (AvgIpc) is 2.72. The molecular weight excluding hydrogens is 307 g/mol. The quantitative estimate of drug-likeness (QED) is 0.732. The number of hydrogen-bond acceptors (Lipinski definition) is 2. The minimum Gasteiger partial charge on any atom is -0.369 e. The van der Waals surface area contributed by atoms with E-state index in [1.54, 1.807) is 12.1 Å². The molecule has 0 saturated heterocycles. The van der Waals surface area contributed by atoms with Crippen LogP contribution >= 0.6 is 23.2 Å². The Morgan fingerprint density at radius 3 is 2.55 bits per heavy atom. The van der Waals surface area contributed by atoms with Crippen molar-refractivity contribution in [1.82, 2.24) is 9.55 Å². The second-order valence-electron chi connectivity index (χ2n) is 4.13. The lowest BCUT2D eigenvalue weighted by Gasteiger charge is -2.09. The third-order valence-electron chi connectivity index (χ3n) is 2.89. The fraction of sp³-hybridized carbons (Fsp3) is 0. The van der Waals surface area contributed by atoms with E-state index in [0.717, 1.165) is 6.07 Å². The van der Waals surface area contributed by atoms with Gasteiger partial charge in [-0.05, 0) is 30.3 Å². The highest BCUT2D eigenvalue weighted by molar-refractivity contribution is 6.35. The summed E-state index contributed by atoms with van der Waals surface area (Å²) in [6.45, 7) is 0. The first-order valence-electron chi connectivity index (χ1n) is 5.56. The zero-order valence-corrected chi connectivity index (χ0v) is 11.4. The molecule has 0 unspecified atom stereocenters. The van der Waals surface area contributed by atoms with E-state index < -0.39 is 11.6 Å². The predicted molar refractivity (Wildman–Crippen MR) is 75.4 cm³/mol. The molecule has 0 atom stereocenters. The molecule has 3 rings (SSSR count). The summed E-state index contributed by atoms with van der Waals surface area (Å²) in [5, 5.41) is 0.681. The maximum absolute atomic E-state index is 14.0. The van der Waals surface area contributed by atoms with E-state index in [-0.39, 0.29) is 22.0 Å². The average molecular weight is 314 g/mol. The Bertz CT molecular complexity index is 830. The number of rotatable bonds is 1. The molecule has 7 heteroatoms. The van der Waals surface area contributed by atoms with Gasteiger partial charge < -0.3 is 5.73 Å². The normalized spacial score (nSPS) is 11.2. The smallest absolute Gasteiger partial charge is 0.206 e. The molecule has 0 aliphatic rings. The Labute approximate surface area is 122 Å². The number of benzene rings is 2. The third-order valence-corrected chi connectivity index (χ3v) is 3.42. The zero-order valence-electron chi connectivity index (χ0n) is 9.87. The molecule has 1 aromatic heterocycles. The maximum Gasteiger partial charge on any atom is 0.206 e. The molecule has 0 fully saturated rings. The molecule has 2 N–H and O–H groups in total. The summed E-state index contributed by atoms with van der Waals surface area (Å²) in [5.74, 6) is -2.00. The van der Waals surface area contributed by atoms with Crippen LogP contribution in [0.25, 0.3) is 16.7 Å². The monoisotopic (exact) mass is 313 g/mol. The van der Waals surface area contributed by atoms with Crippen molar-refractivity contribution in [3.8, 4) is 5.69 Å². The lowest BCUT2D eigenvalue weighted by atomic mass is 10.2. The van der Waals surface area contributed by atoms with Gasteiger partial charge in [0.05, 0.1) is 16.2 Å². The predicted octanol–water partition coefficient (Wildman–Crippen LogP) is 4.19. The van der Waals surface area contributed by atoms with E-state index in [2.05, 4.69) is 4.98 Å². The Morgan fingerprint density at radius 2 is 1.85 bits per heavy atom. The molecule has 0 bridgehead atoms. The third kappa shape index (κ3) is 1.90. The molecule has 0 saturated carbocycles. The standard InChI is InChI=1S/C13H7Cl2F2N3/c14-6-1-4-10(7(15)5-6)20-12-9(19-13(20)18)3-2-8(16)11(12)17/h1-5H,(H2,18,19). The topological polar surface area (TPSA) is 43.8 Å². The molecule has 0 radical (unpaired) electrons. The van der Waals surface area contributed by atoms with Gasteiger partial charge in [0.25, 0.3) is 0 Å². The summed E-state index contributed by atoms with van der Waals surface area (Å²) in [6, 6.07) is 6.97. The highest BCUT2D eigenvalue weighted by Gasteiger charge is 2.18. The SMILES string of the molecule is Nc1nc2ccc(F)c(F)c2n1-c1ccc(Cl)cc1Cl. The first-order chi connectivity index (χ1) is 9.49.